The molecule has 0 aromatic heterocycles. The van der Waals surface area contributed by atoms with Gasteiger partial charge in [0.25, 0.3) is 0 Å². The van der Waals surface area contributed by atoms with Crippen molar-refractivity contribution < 1.29 is 14.4 Å². The molecule has 2 aliphatic heterocycles. The van der Waals surface area contributed by atoms with Crippen LogP contribution in [0.15, 0.2) is 58.6 Å². The van der Waals surface area contributed by atoms with E-state index in [0.717, 1.165) is 26.2 Å². The second-order valence-corrected chi connectivity index (χ2v) is 8.51. The molecule has 0 radical (unpaired) electrons. The molecule has 1 saturated heterocycles. The molecule has 6 nitrogen and oxygen atoms in total. The number of fused-ring (bicyclic) bond motifs is 3. The molecular weight excluding hydrogens is 434 g/mol. The van der Waals surface area contributed by atoms with E-state index in [4.69, 9.17) is 0 Å². The molecule has 7 heteroatoms. The fourth-order valence-electron chi connectivity index (χ4n) is 4.69. The van der Waals surface area contributed by atoms with Crippen LogP contribution in [0.3, 0.4) is 0 Å². The number of allylic oxidation sites excluding steroid dienone is 1. The number of urea groups is 1. The van der Waals surface area contributed by atoms with E-state index in [9.17, 15) is 14.4 Å². The molecule has 2 heterocycles. The molecule has 1 aliphatic carbocycles. The van der Waals surface area contributed by atoms with E-state index in [1.54, 1.807) is 11.9 Å². The van der Waals surface area contributed by atoms with Crippen LogP contribution in [0.4, 0.5) is 4.79 Å². The minimum Gasteiger partial charge on any atom is -0.364 e. The number of nitrogens with one attached hydrogen (secondary N) is 1. The van der Waals surface area contributed by atoms with Gasteiger partial charge in [-0.3, -0.25) is 14.5 Å². The molecule has 5 rings (SSSR count). The Morgan fingerprint density at radius 3 is 2.28 bits per heavy atom. The van der Waals surface area contributed by atoms with Gasteiger partial charge in [0, 0.05) is 41.2 Å². The second-order valence-electron chi connectivity index (χ2n) is 7.60. The lowest BCUT2D eigenvalue weighted by Gasteiger charge is -2.48. The van der Waals surface area contributed by atoms with Crippen molar-refractivity contribution >= 4 is 39.3 Å². The number of Topliss-reactive ketones (excluding diaryl/α,β-unsaturated/α-hetero) is 1. The Hall–Kier alpha value is -2.93. The first kappa shape index (κ1) is 18.1. The van der Waals surface area contributed by atoms with Gasteiger partial charge in [-0.15, -0.1) is 0 Å². The van der Waals surface area contributed by atoms with Crippen LogP contribution in [0.2, 0.25) is 0 Å². The van der Waals surface area contributed by atoms with Crippen LogP contribution in [0.25, 0.3) is 5.70 Å². The van der Waals surface area contributed by atoms with Gasteiger partial charge in [0.15, 0.2) is 5.78 Å². The molecule has 2 aromatic carbocycles. The van der Waals surface area contributed by atoms with E-state index in [1.165, 1.54) is 7.05 Å². The third-order valence-corrected chi connectivity index (χ3v) is 6.64. The third-order valence-electron chi connectivity index (χ3n) is 6.11. The summed E-state index contributed by atoms with van der Waals surface area (Å²) in [5, 5.41) is 3.35. The summed E-state index contributed by atoms with van der Waals surface area (Å²) >= 11 is 3.45. The summed E-state index contributed by atoms with van der Waals surface area (Å²) in [7, 11) is 3.17. The highest BCUT2D eigenvalue weighted by Gasteiger charge is 2.54. The lowest BCUT2D eigenvalue weighted by Crippen LogP contribution is -2.66. The number of benzene rings is 2. The maximum Gasteiger partial charge on any atom is 0.327 e. The average Bonchev–Trinajstić information content (AvgIpc) is 3.02. The summed E-state index contributed by atoms with van der Waals surface area (Å²) in [5.74, 6) is -1.39. The van der Waals surface area contributed by atoms with Gasteiger partial charge in [0.1, 0.15) is 6.17 Å². The molecule has 0 saturated carbocycles. The van der Waals surface area contributed by atoms with Gasteiger partial charge in [-0.05, 0) is 17.7 Å². The van der Waals surface area contributed by atoms with Crippen molar-refractivity contribution in [3.63, 3.8) is 0 Å². The highest BCUT2D eigenvalue weighted by atomic mass is 79.9. The van der Waals surface area contributed by atoms with E-state index in [1.807, 2.05) is 48.5 Å². The number of hydrogen-bond donors (Lipinski definition) is 1. The van der Waals surface area contributed by atoms with E-state index in [2.05, 4.69) is 21.2 Å². The summed E-state index contributed by atoms with van der Waals surface area (Å²) in [6.45, 7) is 0. The van der Waals surface area contributed by atoms with Gasteiger partial charge in [-0.2, -0.15) is 0 Å². The lowest BCUT2D eigenvalue weighted by atomic mass is 9.73. The van der Waals surface area contributed by atoms with Crippen molar-refractivity contribution in [1.29, 1.82) is 0 Å². The number of ketones is 1. The van der Waals surface area contributed by atoms with Crippen LogP contribution >= 0.6 is 15.9 Å². The summed E-state index contributed by atoms with van der Waals surface area (Å²) in [5.41, 5.74) is 3.64. The fraction of sp³-hybridized carbons (Fsp3) is 0.227. The maximum absolute atomic E-state index is 13.4. The minimum atomic E-state index is -0.596. The smallest absolute Gasteiger partial charge is 0.327 e. The molecular formula is C22H18BrN3O3. The molecule has 146 valence electrons. The molecule has 1 fully saturated rings. The largest absolute Gasteiger partial charge is 0.364 e. The quantitative estimate of drug-likeness (QED) is 0.722. The van der Waals surface area contributed by atoms with Crippen LogP contribution in [0.1, 0.15) is 27.4 Å². The van der Waals surface area contributed by atoms with Gasteiger partial charge < -0.3 is 10.2 Å². The predicted molar refractivity (Wildman–Crippen MR) is 111 cm³/mol. The zero-order valence-electron chi connectivity index (χ0n) is 15.8. The second kappa shape index (κ2) is 6.29. The van der Waals surface area contributed by atoms with Crippen molar-refractivity contribution in [3.8, 4) is 0 Å². The van der Waals surface area contributed by atoms with Crippen LogP contribution in [0, 0.1) is 5.92 Å². The molecule has 3 amide bonds. The zero-order valence-corrected chi connectivity index (χ0v) is 17.4. The van der Waals surface area contributed by atoms with Crippen LogP contribution < -0.4 is 5.32 Å². The summed E-state index contributed by atoms with van der Waals surface area (Å²) < 4.78 is 0.918. The van der Waals surface area contributed by atoms with Crippen molar-refractivity contribution in [2.75, 3.05) is 14.1 Å². The zero-order chi connectivity index (χ0) is 20.4. The Balaban J connectivity index is 1.75. The highest BCUT2D eigenvalue weighted by molar-refractivity contribution is 9.10. The molecule has 2 aromatic rings. The predicted octanol–water partition coefficient (Wildman–Crippen LogP) is 3.21. The number of rotatable bonds is 1. The molecule has 3 unspecified atom stereocenters. The molecule has 3 aliphatic rings. The number of amides is 3. The van der Waals surface area contributed by atoms with Crippen molar-refractivity contribution in [1.82, 2.24) is 15.1 Å². The van der Waals surface area contributed by atoms with E-state index in [-0.39, 0.29) is 17.7 Å². The average molecular weight is 452 g/mol. The SMILES string of the molecule is CN1C(=O)C2C(c3ccc(Br)cc3)C3=C(NC2N(C)C1=O)c1ccccc1C3=O. The van der Waals surface area contributed by atoms with Gasteiger partial charge in [-0.1, -0.05) is 52.3 Å². The first-order valence-corrected chi connectivity index (χ1v) is 10.1. The summed E-state index contributed by atoms with van der Waals surface area (Å²) in [6, 6.07) is 14.8. The minimum absolute atomic E-state index is 0.0653. The number of carbonyl (C=O) groups is 3. The normalized spacial score (nSPS) is 25.6. The number of imide groups is 1. The van der Waals surface area contributed by atoms with E-state index >= 15 is 0 Å². The Labute approximate surface area is 176 Å². The van der Waals surface area contributed by atoms with Crippen LogP contribution in [0.5, 0.6) is 0 Å². The molecule has 0 spiro atoms. The Kier molecular flexibility index (Phi) is 3.93. The highest BCUT2D eigenvalue weighted by Crippen LogP contribution is 2.49. The molecule has 0 bridgehead atoms. The number of nitrogens with zero attached hydrogens (tertiary/aromatic N) is 2. The molecule has 1 N–H and O–H groups in total. The third kappa shape index (κ3) is 2.43. The Morgan fingerprint density at radius 1 is 0.931 bits per heavy atom. The fourth-order valence-corrected chi connectivity index (χ4v) is 4.95. The monoisotopic (exact) mass is 451 g/mol. The standard InChI is InChI=1S/C22H18BrN3O3/c1-25-20-17(21(28)26(2)22(25)29)15(11-7-9-12(23)10-8-11)16-18(24-20)13-5-3-4-6-14(13)19(16)27/h3-10,15,17,20,24H,1-2H3. The van der Waals surface area contributed by atoms with Gasteiger partial charge in [0.2, 0.25) is 5.91 Å². The first-order chi connectivity index (χ1) is 13.9. The Bertz CT molecular complexity index is 1110. The van der Waals surface area contributed by atoms with Gasteiger partial charge in [-0.25, -0.2) is 4.79 Å². The number of carbonyl (C=O) groups excluding carboxylic acids is 3. The molecule has 3 atom stereocenters. The van der Waals surface area contributed by atoms with Gasteiger partial charge >= 0.3 is 6.03 Å². The Morgan fingerprint density at radius 2 is 1.59 bits per heavy atom. The van der Waals surface area contributed by atoms with Crippen molar-refractivity contribution in [3.05, 3.63) is 75.3 Å². The molecule has 29 heavy (non-hydrogen) atoms. The summed E-state index contributed by atoms with van der Waals surface area (Å²) in [4.78, 5) is 41.9. The van der Waals surface area contributed by atoms with Gasteiger partial charge in [0.05, 0.1) is 11.6 Å². The van der Waals surface area contributed by atoms with Crippen molar-refractivity contribution in [2.45, 2.75) is 12.1 Å². The number of halogens is 1. The lowest BCUT2D eigenvalue weighted by molar-refractivity contribution is -0.138. The first-order valence-electron chi connectivity index (χ1n) is 9.34. The summed E-state index contributed by atoms with van der Waals surface area (Å²) in [6.07, 6.45) is -0.530. The topological polar surface area (TPSA) is 69.7 Å². The van der Waals surface area contributed by atoms with E-state index < -0.39 is 18.0 Å². The van der Waals surface area contributed by atoms with Crippen LogP contribution in [-0.4, -0.2) is 47.8 Å². The number of hydrogen-bond acceptors (Lipinski definition) is 4. The van der Waals surface area contributed by atoms with Crippen LogP contribution in [-0.2, 0) is 4.79 Å². The van der Waals surface area contributed by atoms with E-state index in [0.29, 0.717) is 11.1 Å². The van der Waals surface area contributed by atoms with Crippen molar-refractivity contribution in [2.24, 2.45) is 5.92 Å². The maximum atomic E-state index is 13.4.